The molecule has 0 radical (unpaired) electrons. The van der Waals surface area contributed by atoms with Gasteiger partial charge >= 0.3 is 13.6 Å². The van der Waals surface area contributed by atoms with Gasteiger partial charge in [-0.1, -0.05) is 6.07 Å². The van der Waals surface area contributed by atoms with Gasteiger partial charge in [0.25, 0.3) is 0 Å². The number of hydrogen-bond acceptors (Lipinski definition) is 4. The van der Waals surface area contributed by atoms with Crippen molar-refractivity contribution in [1.82, 2.24) is 0 Å². The maximum Gasteiger partial charge on any atom is 0.335 e. The number of hydrogen-bond donors (Lipinski definition) is 1. The molecule has 0 amide bonds. The van der Waals surface area contributed by atoms with Crippen molar-refractivity contribution in [1.29, 1.82) is 0 Å². The molecular weight excluding hydrogens is 267 g/mol. The van der Waals surface area contributed by atoms with Crippen molar-refractivity contribution in [2.45, 2.75) is 26.9 Å². The summed E-state index contributed by atoms with van der Waals surface area (Å²) in [6, 6.07) is 4.70. The monoisotopic (exact) mass is 286 g/mol. The first kappa shape index (κ1) is 15.9. The lowest BCUT2D eigenvalue weighted by molar-refractivity contribution is 0.0696. The van der Waals surface area contributed by atoms with Crippen molar-refractivity contribution in [2.75, 3.05) is 13.2 Å². The third-order valence-electron chi connectivity index (χ3n) is 2.61. The van der Waals surface area contributed by atoms with Crippen molar-refractivity contribution < 1.29 is 23.5 Å². The highest BCUT2D eigenvalue weighted by Gasteiger charge is 2.25. The zero-order valence-corrected chi connectivity index (χ0v) is 12.3. The summed E-state index contributed by atoms with van der Waals surface area (Å²) in [4.78, 5) is 10.9. The first-order valence-electron chi connectivity index (χ1n) is 6.12. The Balaban J connectivity index is 2.97. The molecule has 19 heavy (non-hydrogen) atoms. The maximum atomic E-state index is 12.4. The Hall–Kier alpha value is -1.16. The number of carbonyl (C=O) groups is 1. The van der Waals surface area contributed by atoms with E-state index in [1.54, 1.807) is 32.9 Å². The van der Waals surface area contributed by atoms with E-state index < -0.39 is 13.6 Å². The van der Waals surface area contributed by atoms with Crippen LogP contribution in [0.25, 0.3) is 0 Å². The average molecular weight is 286 g/mol. The molecular formula is C13H19O5P. The zero-order chi connectivity index (χ0) is 14.5. The number of rotatable bonds is 7. The van der Waals surface area contributed by atoms with Crippen LogP contribution in [0.5, 0.6) is 0 Å². The van der Waals surface area contributed by atoms with E-state index in [4.69, 9.17) is 14.2 Å². The fraction of sp³-hybridized carbons (Fsp3) is 0.462. The molecule has 1 aromatic carbocycles. The van der Waals surface area contributed by atoms with Gasteiger partial charge in [-0.3, -0.25) is 4.57 Å². The lowest BCUT2D eigenvalue weighted by atomic mass is 10.1. The van der Waals surface area contributed by atoms with Crippen molar-refractivity contribution >= 4 is 13.6 Å². The first-order valence-corrected chi connectivity index (χ1v) is 7.85. The molecule has 6 heteroatoms. The van der Waals surface area contributed by atoms with Gasteiger partial charge < -0.3 is 14.2 Å². The van der Waals surface area contributed by atoms with Crippen molar-refractivity contribution in [3.63, 3.8) is 0 Å². The molecule has 0 bridgehead atoms. The highest BCUT2D eigenvalue weighted by atomic mass is 31.2. The van der Waals surface area contributed by atoms with E-state index in [0.29, 0.717) is 13.2 Å². The quantitative estimate of drug-likeness (QED) is 0.777. The standard InChI is InChI=1S/C13H19O5P/c1-4-17-19(16,18-5-2)9-12-7-6-11(13(14)15)8-10(12)3/h6-8H,4-5,9H2,1-3H3,(H,14,15). The third-order valence-corrected chi connectivity index (χ3v) is 4.64. The molecule has 1 rings (SSSR count). The van der Waals surface area contributed by atoms with E-state index in [-0.39, 0.29) is 11.7 Å². The maximum absolute atomic E-state index is 12.4. The molecule has 0 unspecified atom stereocenters. The summed E-state index contributed by atoms with van der Waals surface area (Å²) in [7, 11) is -3.15. The fourth-order valence-corrected chi connectivity index (χ4v) is 3.55. The Morgan fingerprint density at radius 3 is 2.26 bits per heavy atom. The van der Waals surface area contributed by atoms with Crippen LogP contribution in [0.3, 0.4) is 0 Å². The summed E-state index contributed by atoms with van der Waals surface area (Å²) in [5, 5.41) is 8.90. The number of carboxylic acids is 1. The molecule has 0 saturated heterocycles. The zero-order valence-electron chi connectivity index (χ0n) is 11.4. The molecule has 0 atom stereocenters. The first-order chi connectivity index (χ1) is 8.91. The highest BCUT2D eigenvalue weighted by molar-refractivity contribution is 7.53. The van der Waals surface area contributed by atoms with Crippen LogP contribution in [0.15, 0.2) is 18.2 Å². The van der Waals surface area contributed by atoms with E-state index in [1.807, 2.05) is 0 Å². The van der Waals surface area contributed by atoms with Crippen LogP contribution in [0.2, 0.25) is 0 Å². The predicted molar refractivity (Wildman–Crippen MR) is 72.7 cm³/mol. The normalized spacial score (nSPS) is 11.5. The topological polar surface area (TPSA) is 72.8 Å². The molecule has 1 N–H and O–H groups in total. The third kappa shape index (κ3) is 4.46. The van der Waals surface area contributed by atoms with Gasteiger partial charge in [0, 0.05) is 0 Å². The number of benzene rings is 1. The van der Waals surface area contributed by atoms with Gasteiger partial charge in [0.2, 0.25) is 0 Å². The van der Waals surface area contributed by atoms with Gasteiger partial charge in [-0.25, -0.2) is 4.79 Å². The summed E-state index contributed by atoms with van der Waals surface area (Å²) >= 11 is 0. The van der Waals surface area contributed by atoms with Crippen molar-refractivity contribution in [2.24, 2.45) is 0 Å². The van der Waals surface area contributed by atoms with Gasteiger partial charge in [0.1, 0.15) is 0 Å². The minimum absolute atomic E-state index is 0.153. The van der Waals surface area contributed by atoms with Crippen molar-refractivity contribution in [3.05, 3.63) is 34.9 Å². The molecule has 106 valence electrons. The van der Waals surface area contributed by atoms with Crippen LogP contribution in [0, 0.1) is 6.92 Å². The SMILES string of the molecule is CCOP(=O)(Cc1ccc(C(=O)O)cc1C)OCC. The largest absolute Gasteiger partial charge is 0.478 e. The van der Waals surface area contributed by atoms with Crippen LogP contribution in [0.4, 0.5) is 0 Å². The summed E-state index contributed by atoms with van der Waals surface area (Å²) in [5.74, 6) is -0.979. The highest BCUT2D eigenvalue weighted by Crippen LogP contribution is 2.51. The molecule has 0 aliphatic heterocycles. The Bertz CT molecular complexity index is 488. The van der Waals surface area contributed by atoms with Gasteiger partial charge in [-0.15, -0.1) is 0 Å². The van der Waals surface area contributed by atoms with Crippen LogP contribution < -0.4 is 0 Å². The molecule has 0 heterocycles. The predicted octanol–water partition coefficient (Wildman–Crippen LogP) is 3.46. The van der Waals surface area contributed by atoms with Crippen LogP contribution in [-0.4, -0.2) is 24.3 Å². The van der Waals surface area contributed by atoms with Crippen LogP contribution in [0.1, 0.15) is 35.3 Å². The molecule has 1 aromatic rings. The second kappa shape index (κ2) is 6.85. The molecule has 0 spiro atoms. The molecule has 0 aromatic heterocycles. The lowest BCUT2D eigenvalue weighted by Gasteiger charge is -2.18. The molecule has 0 aliphatic carbocycles. The lowest BCUT2D eigenvalue weighted by Crippen LogP contribution is -2.02. The van der Waals surface area contributed by atoms with Crippen LogP contribution in [-0.2, 0) is 19.8 Å². The van der Waals surface area contributed by atoms with Crippen LogP contribution >= 0.6 is 7.60 Å². The van der Waals surface area contributed by atoms with Gasteiger partial charge in [-0.05, 0) is 44.0 Å². The molecule has 5 nitrogen and oxygen atoms in total. The van der Waals surface area contributed by atoms with E-state index in [2.05, 4.69) is 0 Å². The van der Waals surface area contributed by atoms with E-state index in [1.165, 1.54) is 6.07 Å². The van der Waals surface area contributed by atoms with Gasteiger partial charge in [0.15, 0.2) is 0 Å². The minimum Gasteiger partial charge on any atom is -0.478 e. The molecule has 0 fully saturated rings. The van der Waals surface area contributed by atoms with Gasteiger partial charge in [-0.2, -0.15) is 0 Å². The molecule has 0 saturated carbocycles. The summed E-state index contributed by atoms with van der Waals surface area (Å²) in [5.41, 5.74) is 1.75. The Morgan fingerprint density at radius 1 is 1.26 bits per heavy atom. The van der Waals surface area contributed by atoms with E-state index >= 15 is 0 Å². The van der Waals surface area contributed by atoms with E-state index in [9.17, 15) is 9.36 Å². The fourth-order valence-electron chi connectivity index (χ4n) is 1.74. The van der Waals surface area contributed by atoms with Crippen molar-refractivity contribution in [3.8, 4) is 0 Å². The number of aromatic carboxylic acids is 1. The second-order valence-electron chi connectivity index (χ2n) is 4.05. The number of aryl methyl sites for hydroxylation is 1. The Morgan fingerprint density at radius 2 is 1.84 bits per heavy atom. The summed E-state index contributed by atoms with van der Waals surface area (Å²) in [6.07, 6.45) is 0.153. The molecule has 0 aliphatic rings. The smallest absolute Gasteiger partial charge is 0.335 e. The van der Waals surface area contributed by atoms with E-state index in [0.717, 1.165) is 11.1 Å². The summed E-state index contributed by atoms with van der Waals surface area (Å²) in [6.45, 7) is 5.91. The minimum atomic E-state index is -3.15. The Labute approximate surface area is 113 Å². The summed E-state index contributed by atoms with van der Waals surface area (Å²) < 4.78 is 22.8. The number of carboxylic acid groups (broad SMARTS) is 1. The second-order valence-corrected chi connectivity index (χ2v) is 6.11. The average Bonchev–Trinajstić information content (AvgIpc) is 2.32. The van der Waals surface area contributed by atoms with Gasteiger partial charge in [0.05, 0.1) is 24.9 Å². The Kier molecular flexibility index (Phi) is 5.73.